The van der Waals surface area contributed by atoms with Crippen molar-refractivity contribution in [2.75, 3.05) is 5.73 Å². The maximum Gasteiger partial charge on any atom is 0.303 e. The molecule has 0 unspecified atom stereocenters. The molecule has 0 aliphatic heterocycles. The van der Waals surface area contributed by atoms with E-state index in [0.29, 0.717) is 23.9 Å². The van der Waals surface area contributed by atoms with Crippen molar-refractivity contribution in [1.29, 1.82) is 0 Å². The summed E-state index contributed by atoms with van der Waals surface area (Å²) in [5.41, 5.74) is 7.38. The minimum absolute atomic E-state index is 0. The van der Waals surface area contributed by atoms with Crippen LogP contribution < -0.4 is 5.73 Å². The van der Waals surface area contributed by atoms with Gasteiger partial charge in [0.1, 0.15) is 0 Å². The van der Waals surface area contributed by atoms with Crippen molar-refractivity contribution < 1.29 is 9.90 Å². The standard InChI is InChI=1S/C13H18N2O2.ClH/c14-11-5-6-12(15-8-11)10-3-1-9(2-4-10)7-13(16)17;/h5-6,8-10H,1-4,7,14H2,(H,16,17);1H/t9-,10-;. The first kappa shape index (κ1) is 14.8. The summed E-state index contributed by atoms with van der Waals surface area (Å²) in [4.78, 5) is 15.0. The quantitative estimate of drug-likeness (QED) is 0.885. The number of aliphatic carboxylic acids is 1. The molecule has 1 heterocycles. The van der Waals surface area contributed by atoms with Crippen molar-refractivity contribution >= 4 is 24.1 Å². The van der Waals surface area contributed by atoms with Gasteiger partial charge in [-0.05, 0) is 43.7 Å². The third kappa shape index (κ3) is 3.88. The summed E-state index contributed by atoms with van der Waals surface area (Å²) in [7, 11) is 0. The lowest BCUT2D eigenvalue weighted by Crippen LogP contribution is -2.16. The highest BCUT2D eigenvalue weighted by atomic mass is 35.5. The zero-order valence-electron chi connectivity index (χ0n) is 10.2. The molecule has 4 nitrogen and oxygen atoms in total. The lowest BCUT2D eigenvalue weighted by atomic mass is 9.79. The van der Waals surface area contributed by atoms with Gasteiger partial charge in [-0.3, -0.25) is 9.78 Å². The van der Waals surface area contributed by atoms with Gasteiger partial charge in [0.05, 0.1) is 11.9 Å². The first-order valence-corrected chi connectivity index (χ1v) is 6.08. The molecule has 0 aromatic carbocycles. The van der Waals surface area contributed by atoms with Gasteiger partial charge in [-0.1, -0.05) is 0 Å². The monoisotopic (exact) mass is 270 g/mol. The molecule has 0 saturated heterocycles. The smallest absolute Gasteiger partial charge is 0.303 e. The van der Waals surface area contributed by atoms with Crippen LogP contribution in [0.15, 0.2) is 18.3 Å². The number of pyridine rings is 1. The van der Waals surface area contributed by atoms with E-state index in [1.165, 1.54) is 0 Å². The molecular weight excluding hydrogens is 252 g/mol. The van der Waals surface area contributed by atoms with Crippen LogP contribution in [0.5, 0.6) is 0 Å². The largest absolute Gasteiger partial charge is 0.481 e. The summed E-state index contributed by atoms with van der Waals surface area (Å²) < 4.78 is 0. The Labute approximate surface area is 113 Å². The number of hydrogen-bond donors (Lipinski definition) is 2. The average Bonchev–Trinajstić information content (AvgIpc) is 2.30. The van der Waals surface area contributed by atoms with E-state index < -0.39 is 5.97 Å². The zero-order chi connectivity index (χ0) is 12.3. The topological polar surface area (TPSA) is 76.2 Å². The summed E-state index contributed by atoms with van der Waals surface area (Å²) in [5.74, 6) is 0.136. The molecule has 0 bridgehead atoms. The fraction of sp³-hybridized carbons (Fsp3) is 0.538. The molecule has 2 rings (SSSR count). The van der Waals surface area contributed by atoms with Crippen molar-refractivity contribution in [2.24, 2.45) is 5.92 Å². The van der Waals surface area contributed by atoms with Crippen molar-refractivity contribution in [3.8, 4) is 0 Å². The number of carboxylic acid groups (broad SMARTS) is 1. The number of rotatable bonds is 3. The molecule has 18 heavy (non-hydrogen) atoms. The first-order valence-electron chi connectivity index (χ1n) is 6.08. The van der Waals surface area contributed by atoms with Crippen molar-refractivity contribution in [1.82, 2.24) is 4.98 Å². The fourth-order valence-electron chi connectivity index (χ4n) is 2.57. The molecule has 0 atom stereocenters. The van der Waals surface area contributed by atoms with Crippen LogP contribution in [0, 0.1) is 5.92 Å². The van der Waals surface area contributed by atoms with E-state index in [1.807, 2.05) is 12.1 Å². The van der Waals surface area contributed by atoms with E-state index in [4.69, 9.17) is 10.8 Å². The molecule has 1 aromatic heterocycles. The van der Waals surface area contributed by atoms with Gasteiger partial charge in [0.25, 0.3) is 0 Å². The molecule has 0 amide bonds. The second-order valence-corrected chi connectivity index (χ2v) is 4.83. The van der Waals surface area contributed by atoms with Crippen molar-refractivity contribution in [3.63, 3.8) is 0 Å². The van der Waals surface area contributed by atoms with Crippen LogP contribution in [0.3, 0.4) is 0 Å². The third-order valence-electron chi connectivity index (χ3n) is 3.54. The molecule has 1 aromatic rings. The van der Waals surface area contributed by atoms with Gasteiger partial charge in [0, 0.05) is 18.0 Å². The van der Waals surface area contributed by atoms with E-state index >= 15 is 0 Å². The van der Waals surface area contributed by atoms with E-state index in [2.05, 4.69) is 4.98 Å². The fourth-order valence-corrected chi connectivity index (χ4v) is 2.57. The summed E-state index contributed by atoms with van der Waals surface area (Å²) in [6.45, 7) is 0. The minimum Gasteiger partial charge on any atom is -0.481 e. The minimum atomic E-state index is -0.681. The van der Waals surface area contributed by atoms with Gasteiger partial charge < -0.3 is 10.8 Å². The van der Waals surface area contributed by atoms with Crippen LogP contribution in [0.2, 0.25) is 0 Å². The molecule has 100 valence electrons. The number of nitrogen functional groups attached to an aromatic ring is 1. The van der Waals surface area contributed by atoms with Crippen molar-refractivity contribution in [2.45, 2.75) is 38.0 Å². The number of carboxylic acids is 1. The summed E-state index contributed by atoms with van der Waals surface area (Å²) in [5, 5.41) is 8.75. The number of nitrogens with two attached hydrogens (primary N) is 1. The SMILES string of the molecule is Cl.Nc1ccc([C@H]2CC[C@H](CC(=O)O)CC2)nc1. The maximum absolute atomic E-state index is 10.6. The van der Waals surface area contributed by atoms with Crippen LogP contribution in [0.1, 0.15) is 43.7 Å². The summed E-state index contributed by atoms with van der Waals surface area (Å²) in [6, 6.07) is 3.86. The molecule has 1 fully saturated rings. The predicted octanol–water partition coefficient (Wildman–Crippen LogP) is 2.83. The van der Waals surface area contributed by atoms with Gasteiger partial charge >= 0.3 is 5.97 Å². The average molecular weight is 271 g/mol. The first-order chi connectivity index (χ1) is 8.15. The second-order valence-electron chi connectivity index (χ2n) is 4.83. The lowest BCUT2D eigenvalue weighted by molar-refractivity contribution is -0.138. The molecule has 0 radical (unpaired) electrons. The highest BCUT2D eigenvalue weighted by Gasteiger charge is 2.24. The summed E-state index contributed by atoms with van der Waals surface area (Å²) >= 11 is 0. The van der Waals surface area contributed by atoms with Gasteiger partial charge in [-0.15, -0.1) is 12.4 Å². The Balaban J connectivity index is 0.00000162. The Kier molecular flexibility index (Phi) is 5.41. The number of anilines is 1. The Morgan fingerprint density at radius 2 is 2.00 bits per heavy atom. The van der Waals surface area contributed by atoms with Crippen LogP contribution in [0.25, 0.3) is 0 Å². The van der Waals surface area contributed by atoms with E-state index in [9.17, 15) is 4.79 Å². The number of aromatic nitrogens is 1. The molecule has 1 aliphatic rings. The van der Waals surface area contributed by atoms with E-state index in [0.717, 1.165) is 31.4 Å². The van der Waals surface area contributed by atoms with Crippen molar-refractivity contribution in [3.05, 3.63) is 24.0 Å². The zero-order valence-corrected chi connectivity index (χ0v) is 11.0. The molecule has 0 spiro atoms. The van der Waals surface area contributed by atoms with Gasteiger partial charge in [-0.25, -0.2) is 0 Å². The van der Waals surface area contributed by atoms with Crippen LogP contribution in [-0.2, 0) is 4.79 Å². The Morgan fingerprint density at radius 3 is 2.50 bits per heavy atom. The van der Waals surface area contributed by atoms with E-state index in [1.54, 1.807) is 6.20 Å². The molecular formula is C13H19ClN2O2. The highest BCUT2D eigenvalue weighted by molar-refractivity contribution is 5.85. The third-order valence-corrected chi connectivity index (χ3v) is 3.54. The number of carbonyl (C=O) groups is 1. The summed E-state index contributed by atoms with van der Waals surface area (Å²) in [6.07, 6.45) is 6.05. The number of nitrogens with zero attached hydrogens (tertiary/aromatic N) is 1. The lowest BCUT2D eigenvalue weighted by Gasteiger charge is -2.27. The normalized spacial score (nSPS) is 23.1. The molecule has 5 heteroatoms. The van der Waals surface area contributed by atoms with Crippen LogP contribution in [-0.4, -0.2) is 16.1 Å². The Bertz CT molecular complexity index is 386. The molecule has 1 aliphatic carbocycles. The Morgan fingerprint density at radius 1 is 1.33 bits per heavy atom. The molecule has 1 saturated carbocycles. The predicted molar refractivity (Wildman–Crippen MR) is 72.8 cm³/mol. The highest BCUT2D eigenvalue weighted by Crippen LogP contribution is 2.36. The van der Waals surface area contributed by atoms with Gasteiger partial charge in [0.15, 0.2) is 0 Å². The van der Waals surface area contributed by atoms with Gasteiger partial charge in [-0.2, -0.15) is 0 Å². The number of halogens is 1. The van der Waals surface area contributed by atoms with Crippen LogP contribution >= 0.6 is 12.4 Å². The molecule has 3 N–H and O–H groups in total. The Hall–Kier alpha value is -1.29. The van der Waals surface area contributed by atoms with Crippen LogP contribution in [0.4, 0.5) is 5.69 Å². The van der Waals surface area contributed by atoms with Gasteiger partial charge in [0.2, 0.25) is 0 Å². The maximum atomic E-state index is 10.6. The number of hydrogen-bond acceptors (Lipinski definition) is 3. The second kappa shape index (κ2) is 6.59. The van der Waals surface area contributed by atoms with E-state index in [-0.39, 0.29) is 12.4 Å².